The molecule has 4 heterocycles. The predicted molar refractivity (Wildman–Crippen MR) is 90.8 cm³/mol. The maximum atomic E-state index is 5.68. The molecule has 0 amide bonds. The van der Waals surface area contributed by atoms with Crippen LogP contribution in [-0.2, 0) is 11.3 Å². The number of rotatable bonds is 4. The number of H-pyrrole nitrogens is 1. The third kappa shape index (κ3) is 3.27. The van der Waals surface area contributed by atoms with Gasteiger partial charge in [-0.3, -0.25) is 4.90 Å². The maximum absolute atomic E-state index is 5.68. The molecule has 4 rings (SSSR count). The van der Waals surface area contributed by atoms with Crippen molar-refractivity contribution in [1.29, 1.82) is 0 Å². The fourth-order valence-corrected chi connectivity index (χ4v) is 3.43. The molecule has 2 fully saturated rings. The van der Waals surface area contributed by atoms with Crippen LogP contribution in [0.15, 0.2) is 18.5 Å². The fourth-order valence-electron chi connectivity index (χ4n) is 3.43. The third-order valence-corrected chi connectivity index (χ3v) is 4.73. The van der Waals surface area contributed by atoms with Crippen LogP contribution in [0.25, 0.3) is 0 Å². The highest BCUT2D eigenvalue weighted by Crippen LogP contribution is 2.24. The summed E-state index contributed by atoms with van der Waals surface area (Å²) >= 11 is 0. The van der Waals surface area contributed by atoms with Crippen molar-refractivity contribution in [3.8, 4) is 0 Å². The topological polar surface area (TPSA) is 70.2 Å². The second kappa shape index (κ2) is 6.86. The monoisotopic (exact) mass is 328 g/mol. The Hall–Kier alpha value is -1.99. The maximum Gasteiger partial charge on any atom is 0.225 e. The van der Waals surface area contributed by atoms with Gasteiger partial charge in [0.05, 0.1) is 24.9 Å². The molecule has 2 aromatic heterocycles. The van der Waals surface area contributed by atoms with E-state index in [0.29, 0.717) is 6.61 Å². The molecule has 2 aliphatic rings. The summed E-state index contributed by atoms with van der Waals surface area (Å²) in [6.07, 6.45) is 6.22. The second-order valence-corrected chi connectivity index (χ2v) is 6.55. The van der Waals surface area contributed by atoms with Gasteiger partial charge in [0, 0.05) is 44.3 Å². The van der Waals surface area contributed by atoms with Crippen LogP contribution >= 0.6 is 0 Å². The summed E-state index contributed by atoms with van der Waals surface area (Å²) in [6, 6.07) is 2.16. The molecule has 1 atom stereocenters. The van der Waals surface area contributed by atoms with Crippen molar-refractivity contribution in [3.63, 3.8) is 0 Å². The summed E-state index contributed by atoms with van der Waals surface area (Å²) in [4.78, 5) is 21.7. The zero-order valence-electron chi connectivity index (χ0n) is 14.1. The molecule has 2 aromatic rings. The van der Waals surface area contributed by atoms with E-state index in [1.165, 1.54) is 12.8 Å². The Morgan fingerprint density at radius 2 is 2.12 bits per heavy atom. The minimum Gasteiger partial charge on any atom is -0.378 e. The first kappa shape index (κ1) is 15.5. The van der Waals surface area contributed by atoms with E-state index in [4.69, 9.17) is 9.72 Å². The quantitative estimate of drug-likeness (QED) is 0.921. The van der Waals surface area contributed by atoms with E-state index in [9.17, 15) is 0 Å². The number of imidazole rings is 1. The van der Waals surface area contributed by atoms with Gasteiger partial charge in [-0.15, -0.1) is 0 Å². The predicted octanol–water partition coefficient (Wildman–Crippen LogP) is 1.68. The smallest absolute Gasteiger partial charge is 0.225 e. The summed E-state index contributed by atoms with van der Waals surface area (Å²) < 4.78 is 5.68. The number of aryl methyl sites for hydroxylation is 1. The molecule has 2 aliphatic heterocycles. The van der Waals surface area contributed by atoms with E-state index in [1.54, 1.807) is 0 Å². The molecule has 0 spiro atoms. The highest BCUT2D eigenvalue weighted by molar-refractivity contribution is 5.31. The number of nitrogens with zero attached hydrogens (tertiary/aromatic N) is 5. The molecule has 0 bridgehead atoms. The fraction of sp³-hybridized carbons (Fsp3) is 0.588. The first-order valence-corrected chi connectivity index (χ1v) is 8.70. The van der Waals surface area contributed by atoms with Crippen molar-refractivity contribution in [1.82, 2.24) is 24.8 Å². The Balaban J connectivity index is 1.51. The van der Waals surface area contributed by atoms with Crippen molar-refractivity contribution in [2.24, 2.45) is 0 Å². The van der Waals surface area contributed by atoms with Gasteiger partial charge in [0.1, 0.15) is 5.82 Å². The summed E-state index contributed by atoms with van der Waals surface area (Å²) in [6.45, 7) is 7.24. The lowest BCUT2D eigenvalue weighted by Crippen LogP contribution is -2.39. The standard InChI is InChI=1S/C17H24N6O/c1-13-10-19-16(20-13)15-12-24-9-8-23(15)11-14-4-5-18-17(21-14)22-6-2-3-7-22/h4-5,10,15H,2-3,6-9,11-12H2,1H3,(H,19,20). The average molecular weight is 328 g/mol. The van der Waals surface area contributed by atoms with Gasteiger partial charge in [-0.2, -0.15) is 0 Å². The van der Waals surface area contributed by atoms with Gasteiger partial charge in [0.2, 0.25) is 5.95 Å². The second-order valence-electron chi connectivity index (χ2n) is 6.55. The van der Waals surface area contributed by atoms with E-state index in [2.05, 4.69) is 24.8 Å². The molecule has 7 heteroatoms. The van der Waals surface area contributed by atoms with E-state index < -0.39 is 0 Å². The zero-order valence-corrected chi connectivity index (χ0v) is 14.1. The number of ether oxygens (including phenoxy) is 1. The van der Waals surface area contributed by atoms with Gasteiger partial charge in [-0.25, -0.2) is 15.0 Å². The van der Waals surface area contributed by atoms with Gasteiger partial charge in [-0.1, -0.05) is 0 Å². The van der Waals surface area contributed by atoms with Crippen molar-refractivity contribution in [2.45, 2.75) is 32.4 Å². The summed E-state index contributed by atoms with van der Waals surface area (Å²) in [7, 11) is 0. The molecule has 0 radical (unpaired) electrons. The van der Waals surface area contributed by atoms with Crippen LogP contribution in [0.2, 0.25) is 0 Å². The Kier molecular flexibility index (Phi) is 4.44. The summed E-state index contributed by atoms with van der Waals surface area (Å²) in [5.41, 5.74) is 2.14. The van der Waals surface area contributed by atoms with Gasteiger partial charge < -0.3 is 14.6 Å². The molecular weight excluding hydrogens is 304 g/mol. The first-order chi connectivity index (χ1) is 11.8. The zero-order chi connectivity index (χ0) is 16.4. The number of nitrogens with one attached hydrogen (secondary N) is 1. The van der Waals surface area contributed by atoms with E-state index in [1.807, 2.05) is 25.4 Å². The third-order valence-electron chi connectivity index (χ3n) is 4.73. The Labute approximate surface area is 142 Å². The Morgan fingerprint density at radius 1 is 1.25 bits per heavy atom. The molecule has 24 heavy (non-hydrogen) atoms. The van der Waals surface area contributed by atoms with Gasteiger partial charge in [0.15, 0.2) is 0 Å². The van der Waals surface area contributed by atoms with Crippen LogP contribution in [0, 0.1) is 6.92 Å². The van der Waals surface area contributed by atoms with Crippen molar-refractivity contribution in [3.05, 3.63) is 35.7 Å². The van der Waals surface area contributed by atoms with Gasteiger partial charge >= 0.3 is 0 Å². The van der Waals surface area contributed by atoms with Crippen LogP contribution in [0.1, 0.15) is 36.1 Å². The largest absolute Gasteiger partial charge is 0.378 e. The molecule has 1 unspecified atom stereocenters. The summed E-state index contributed by atoms with van der Waals surface area (Å²) in [5.74, 6) is 1.84. The lowest BCUT2D eigenvalue weighted by Gasteiger charge is -2.34. The van der Waals surface area contributed by atoms with E-state index >= 15 is 0 Å². The Bertz CT molecular complexity index is 681. The minimum atomic E-state index is 0.151. The van der Waals surface area contributed by atoms with Crippen LogP contribution in [0.3, 0.4) is 0 Å². The molecule has 1 N–H and O–H groups in total. The first-order valence-electron chi connectivity index (χ1n) is 8.70. The van der Waals surface area contributed by atoms with E-state index in [-0.39, 0.29) is 6.04 Å². The number of aromatic amines is 1. The molecule has 0 saturated carbocycles. The number of morpholine rings is 1. The molecule has 128 valence electrons. The summed E-state index contributed by atoms with van der Waals surface area (Å²) in [5, 5.41) is 0. The van der Waals surface area contributed by atoms with Crippen molar-refractivity contribution < 1.29 is 4.74 Å². The number of hydrogen-bond donors (Lipinski definition) is 1. The number of hydrogen-bond acceptors (Lipinski definition) is 6. The van der Waals surface area contributed by atoms with Crippen LogP contribution in [0.5, 0.6) is 0 Å². The van der Waals surface area contributed by atoms with E-state index in [0.717, 1.165) is 55.9 Å². The Morgan fingerprint density at radius 3 is 2.92 bits per heavy atom. The minimum absolute atomic E-state index is 0.151. The van der Waals surface area contributed by atoms with Gasteiger partial charge in [0.25, 0.3) is 0 Å². The lowest BCUT2D eigenvalue weighted by molar-refractivity contribution is -0.0162. The highest BCUT2D eigenvalue weighted by atomic mass is 16.5. The SMILES string of the molecule is Cc1cnc(C2COCCN2Cc2ccnc(N3CCCC3)n2)[nH]1. The number of anilines is 1. The van der Waals surface area contributed by atoms with Crippen molar-refractivity contribution >= 4 is 5.95 Å². The highest BCUT2D eigenvalue weighted by Gasteiger charge is 2.27. The molecule has 7 nitrogen and oxygen atoms in total. The van der Waals surface area contributed by atoms with Crippen molar-refractivity contribution in [2.75, 3.05) is 37.7 Å². The van der Waals surface area contributed by atoms with Crippen LogP contribution < -0.4 is 4.90 Å². The lowest BCUT2D eigenvalue weighted by atomic mass is 10.2. The number of aromatic nitrogens is 4. The average Bonchev–Trinajstić information content (AvgIpc) is 3.27. The van der Waals surface area contributed by atoms with Crippen LogP contribution in [-0.4, -0.2) is 57.7 Å². The molecule has 2 saturated heterocycles. The molecule has 0 aromatic carbocycles. The molecule has 0 aliphatic carbocycles. The van der Waals surface area contributed by atoms with Crippen LogP contribution in [0.4, 0.5) is 5.95 Å². The molecular formula is C17H24N6O. The van der Waals surface area contributed by atoms with Gasteiger partial charge in [-0.05, 0) is 25.8 Å². The normalized spacial score (nSPS) is 22.2.